The molecule has 33 heavy (non-hydrogen) atoms. The lowest BCUT2D eigenvalue weighted by molar-refractivity contribution is 0.718. The molecule has 0 heterocycles. The normalized spacial score (nSPS) is 13.0. The second-order valence-electron chi connectivity index (χ2n) is 9.33. The van der Waals surface area contributed by atoms with E-state index in [0.717, 1.165) is 0 Å². The van der Waals surface area contributed by atoms with Crippen molar-refractivity contribution in [2.24, 2.45) is 0 Å². The van der Waals surface area contributed by atoms with Gasteiger partial charge in [-0.05, 0) is 68.3 Å². The van der Waals surface area contributed by atoms with E-state index in [0.29, 0.717) is 5.66 Å². The Morgan fingerprint density at radius 1 is 0.697 bits per heavy atom. The van der Waals surface area contributed by atoms with E-state index in [1.165, 1.54) is 40.1 Å². The largest absolute Gasteiger partial charge is 0.378 e. The first-order valence-electron chi connectivity index (χ1n) is 11.9. The van der Waals surface area contributed by atoms with E-state index in [-0.39, 0.29) is 0 Å². The van der Waals surface area contributed by atoms with Crippen LogP contribution >= 0.6 is 19.9 Å². The number of benzene rings is 3. The van der Waals surface area contributed by atoms with Crippen LogP contribution in [0.2, 0.25) is 0 Å². The van der Waals surface area contributed by atoms with Gasteiger partial charge in [0.25, 0.3) is 0 Å². The maximum absolute atomic E-state index is 5.62. The van der Waals surface area contributed by atoms with Crippen molar-refractivity contribution in [2.45, 2.75) is 31.2 Å². The van der Waals surface area contributed by atoms with E-state index >= 15 is 0 Å². The van der Waals surface area contributed by atoms with Crippen LogP contribution < -0.4 is 15.1 Å². The molecule has 0 bridgehead atoms. The highest BCUT2D eigenvalue weighted by molar-refractivity contribution is 7.86. The van der Waals surface area contributed by atoms with E-state index in [1.54, 1.807) is 0 Å². The van der Waals surface area contributed by atoms with Crippen LogP contribution in [0.5, 0.6) is 0 Å². The van der Waals surface area contributed by atoms with Gasteiger partial charge in [-0.3, -0.25) is 0 Å². The summed E-state index contributed by atoms with van der Waals surface area (Å²) >= 11 is 5.62. The SMILES string of the molecule is CC[P+](CC)(c1ccccc1)[C@@H](C)C(S)(c1ccc(N(C)C)cc1)c1ccc(N(C)C)cc1. The van der Waals surface area contributed by atoms with Crippen LogP contribution in [0.1, 0.15) is 31.9 Å². The summed E-state index contributed by atoms with van der Waals surface area (Å²) in [6.07, 6.45) is 2.34. The van der Waals surface area contributed by atoms with Crippen LogP contribution in [0.4, 0.5) is 11.4 Å². The topological polar surface area (TPSA) is 6.48 Å². The van der Waals surface area contributed by atoms with E-state index in [9.17, 15) is 0 Å². The molecule has 0 fully saturated rings. The molecular formula is C29H40N2PS+. The summed E-state index contributed by atoms with van der Waals surface area (Å²) in [5, 5.41) is 1.51. The van der Waals surface area contributed by atoms with Gasteiger partial charge in [0.05, 0.1) is 35.3 Å². The Labute approximate surface area is 207 Å². The molecule has 3 rings (SSSR count). The summed E-state index contributed by atoms with van der Waals surface area (Å²) in [5.74, 6) is 0. The quantitative estimate of drug-likeness (QED) is 0.267. The molecule has 0 saturated carbocycles. The van der Waals surface area contributed by atoms with Gasteiger partial charge >= 0.3 is 0 Å². The number of rotatable bonds is 9. The molecule has 3 aromatic rings. The number of hydrogen-bond donors (Lipinski definition) is 1. The smallest absolute Gasteiger partial charge is 0.0992 e. The minimum absolute atomic E-state index is 0.362. The fraction of sp³-hybridized carbons (Fsp3) is 0.379. The lowest BCUT2D eigenvalue weighted by Crippen LogP contribution is -2.40. The third-order valence-corrected chi connectivity index (χ3v) is 14.0. The van der Waals surface area contributed by atoms with Crippen LogP contribution in [0.3, 0.4) is 0 Å². The molecule has 3 aromatic carbocycles. The highest BCUT2D eigenvalue weighted by Crippen LogP contribution is 2.67. The van der Waals surface area contributed by atoms with Gasteiger partial charge in [-0.2, -0.15) is 12.6 Å². The van der Waals surface area contributed by atoms with Crippen LogP contribution in [0.25, 0.3) is 0 Å². The lowest BCUT2D eigenvalue weighted by atomic mass is 9.87. The predicted molar refractivity (Wildman–Crippen MR) is 155 cm³/mol. The Morgan fingerprint density at radius 2 is 1.09 bits per heavy atom. The maximum Gasteiger partial charge on any atom is 0.0992 e. The molecule has 2 nitrogen and oxygen atoms in total. The molecule has 1 atom stereocenters. The highest BCUT2D eigenvalue weighted by Gasteiger charge is 2.53. The highest BCUT2D eigenvalue weighted by atomic mass is 32.1. The standard InChI is InChI=1S/C29H39N2PS/c1-8-32(9-2,28-13-11-10-12-14-28)23(3)29(33,24-15-19-26(20-16-24)30(4)5)25-17-21-27(22-18-25)31(6)7/h10-23H,8-9H2,1-7H3/p+1/t23-/m0/s1. The Balaban J connectivity index is 2.23. The average molecular weight is 480 g/mol. The molecule has 0 amide bonds. The van der Waals surface area contributed by atoms with Gasteiger partial charge < -0.3 is 9.80 Å². The zero-order valence-electron chi connectivity index (χ0n) is 21.3. The van der Waals surface area contributed by atoms with Gasteiger partial charge in [-0.15, -0.1) is 0 Å². The van der Waals surface area contributed by atoms with Crippen molar-refractivity contribution in [3.63, 3.8) is 0 Å². The molecule has 0 spiro atoms. The molecule has 0 saturated heterocycles. The van der Waals surface area contributed by atoms with Crippen LogP contribution in [0.15, 0.2) is 78.9 Å². The third kappa shape index (κ3) is 4.81. The van der Waals surface area contributed by atoms with Gasteiger partial charge in [-0.25, -0.2) is 0 Å². The third-order valence-electron chi connectivity index (χ3n) is 7.39. The molecular weight excluding hydrogens is 439 g/mol. The monoisotopic (exact) mass is 479 g/mol. The van der Waals surface area contributed by atoms with E-state index in [1.807, 2.05) is 0 Å². The summed E-state index contributed by atoms with van der Waals surface area (Å²) in [6, 6.07) is 29.2. The second kappa shape index (κ2) is 10.5. The van der Waals surface area contributed by atoms with E-state index in [4.69, 9.17) is 12.6 Å². The minimum Gasteiger partial charge on any atom is -0.378 e. The number of thiol groups is 1. The molecule has 0 radical (unpaired) electrons. The second-order valence-corrected chi connectivity index (χ2v) is 14.7. The fourth-order valence-corrected chi connectivity index (χ4v) is 10.6. The van der Waals surface area contributed by atoms with Crippen molar-refractivity contribution >= 4 is 36.6 Å². The lowest BCUT2D eigenvalue weighted by Gasteiger charge is -2.43. The molecule has 4 heteroatoms. The van der Waals surface area contributed by atoms with Crippen molar-refractivity contribution in [2.75, 3.05) is 50.3 Å². The Kier molecular flexibility index (Phi) is 8.19. The molecule has 0 unspecified atom stereocenters. The molecule has 0 aliphatic carbocycles. The summed E-state index contributed by atoms with van der Waals surface area (Å²) in [4.78, 5) is 4.30. The number of nitrogens with zero attached hydrogens (tertiary/aromatic N) is 2. The van der Waals surface area contributed by atoms with Crippen molar-refractivity contribution in [1.82, 2.24) is 0 Å². The summed E-state index contributed by atoms with van der Waals surface area (Å²) < 4.78 is -0.397. The predicted octanol–water partition coefficient (Wildman–Crippen LogP) is 6.76. The first-order valence-corrected chi connectivity index (χ1v) is 14.6. The average Bonchev–Trinajstić information content (AvgIpc) is 2.85. The molecule has 0 aliphatic heterocycles. The van der Waals surface area contributed by atoms with Gasteiger partial charge in [0.15, 0.2) is 0 Å². The van der Waals surface area contributed by atoms with Crippen LogP contribution in [-0.2, 0) is 4.75 Å². The van der Waals surface area contributed by atoms with Crippen LogP contribution in [-0.4, -0.2) is 46.2 Å². The zero-order chi connectivity index (χ0) is 24.2. The Hall–Kier alpha value is -1.96. The summed E-state index contributed by atoms with van der Waals surface area (Å²) in [7, 11) is 6.84. The van der Waals surface area contributed by atoms with Crippen molar-refractivity contribution < 1.29 is 0 Å². The Bertz CT molecular complexity index is 958. The van der Waals surface area contributed by atoms with Gasteiger partial charge in [0.1, 0.15) is 0 Å². The summed E-state index contributed by atoms with van der Waals surface area (Å²) in [6.45, 7) is 7.19. The fourth-order valence-electron chi connectivity index (χ4n) is 5.12. The number of hydrogen-bond acceptors (Lipinski definition) is 3. The van der Waals surface area contributed by atoms with Gasteiger partial charge in [0.2, 0.25) is 0 Å². The van der Waals surface area contributed by atoms with E-state index < -0.39 is 12.0 Å². The molecule has 176 valence electrons. The van der Waals surface area contributed by atoms with Crippen LogP contribution in [0, 0.1) is 0 Å². The van der Waals surface area contributed by atoms with Crippen molar-refractivity contribution in [1.29, 1.82) is 0 Å². The van der Waals surface area contributed by atoms with Crippen molar-refractivity contribution in [3.8, 4) is 0 Å². The van der Waals surface area contributed by atoms with Gasteiger partial charge in [0, 0.05) is 39.6 Å². The minimum atomic E-state index is -1.51. The van der Waals surface area contributed by atoms with E-state index in [2.05, 4.69) is 138 Å². The van der Waals surface area contributed by atoms with Crippen molar-refractivity contribution in [3.05, 3.63) is 90.0 Å². The molecule has 0 N–H and O–H groups in total. The first-order chi connectivity index (χ1) is 15.7. The first kappa shape index (κ1) is 25.7. The number of anilines is 2. The molecule has 0 aliphatic rings. The van der Waals surface area contributed by atoms with Gasteiger partial charge in [-0.1, -0.05) is 42.5 Å². The zero-order valence-corrected chi connectivity index (χ0v) is 23.1. The Morgan fingerprint density at radius 3 is 1.42 bits per heavy atom. The molecule has 0 aromatic heterocycles. The maximum atomic E-state index is 5.62. The summed E-state index contributed by atoms with van der Waals surface area (Å²) in [5.41, 5.74) is 5.31.